The Labute approximate surface area is 551 Å². The number of hydrogen-bond acceptors (Lipinski definition) is 19. The Morgan fingerprint density at radius 1 is 0.489 bits per heavy atom. The minimum absolute atomic E-state index is 0. The van der Waals surface area contributed by atoms with Crippen molar-refractivity contribution in [3.05, 3.63) is 126 Å². The Bertz CT molecular complexity index is 4530. The highest BCUT2D eigenvalue weighted by Gasteiger charge is 2.30. The molecule has 0 atom stereocenters. The van der Waals surface area contributed by atoms with Gasteiger partial charge in [0.25, 0.3) is 26.8 Å². The van der Waals surface area contributed by atoms with Gasteiger partial charge in [0, 0.05) is 45.4 Å². The second-order valence-corrected chi connectivity index (χ2v) is 24.4. The zero-order chi connectivity index (χ0) is 65.1. The molecular formula is C59H83IN14O15S3. The quantitative estimate of drug-likeness (QED) is 0.0329. The van der Waals surface area contributed by atoms with Gasteiger partial charge >= 0.3 is 10.4 Å². The Morgan fingerprint density at radius 3 is 1.17 bits per heavy atom. The minimum atomic E-state index is -4.67. The molecule has 0 aliphatic carbocycles. The maximum absolute atomic E-state index is 13.4. The maximum Gasteiger partial charge on any atom is 0.394 e. The van der Waals surface area contributed by atoms with Crippen LogP contribution in [-0.2, 0) is 49.8 Å². The van der Waals surface area contributed by atoms with Crippen LogP contribution in [-0.4, -0.2) is 159 Å². The summed E-state index contributed by atoms with van der Waals surface area (Å²) in [6.45, 7) is 23.5. The van der Waals surface area contributed by atoms with Crippen molar-refractivity contribution in [3.8, 4) is 51.4 Å². The SMILES string of the molecule is C.C.CCCc1nc(C)c2c(=O)[nH]c(-c3cc(S(=O)(=O)N4CCN(CC)CC4)ccc3OCC)nn12.CCCc1nc(C)c2c(=O)[nH]c(-c3cc(S(=O)(=O)O)ccc3OCC)nn12.CCCc1nc(C)c2c(=O)[nH]c(-c3ccccc3OCC)nn12.I.O=S(=O)(O)O. The minimum Gasteiger partial charge on any atom is -0.493 e. The second kappa shape index (κ2) is 33.4. The van der Waals surface area contributed by atoms with Gasteiger partial charge in [-0.3, -0.25) is 28.0 Å². The van der Waals surface area contributed by atoms with Gasteiger partial charge in [-0.1, -0.05) is 54.7 Å². The van der Waals surface area contributed by atoms with Crippen LogP contribution in [0.1, 0.15) is 117 Å². The molecule has 9 aromatic rings. The summed E-state index contributed by atoms with van der Waals surface area (Å²) in [7, 11) is -12.8. The summed E-state index contributed by atoms with van der Waals surface area (Å²) in [5.74, 6) is 4.47. The number of ether oxygens (including phenoxy) is 3. The molecule has 33 heteroatoms. The number of para-hydroxylation sites is 1. The number of likely N-dealkylation sites (N-methyl/N-ethyl adjacent to an activating group) is 1. The lowest BCUT2D eigenvalue weighted by Gasteiger charge is -2.33. The van der Waals surface area contributed by atoms with Crippen LogP contribution in [0.15, 0.2) is 84.8 Å². The number of nitrogens with one attached hydrogen (secondary N) is 3. The van der Waals surface area contributed by atoms with Crippen LogP contribution < -0.4 is 30.9 Å². The first kappa shape index (κ1) is 76.9. The second-order valence-electron chi connectivity index (χ2n) is 20.2. The maximum atomic E-state index is 13.4. The third-order valence-electron chi connectivity index (χ3n) is 13.8. The third-order valence-corrected chi connectivity index (χ3v) is 16.6. The zero-order valence-electron chi connectivity index (χ0n) is 51.5. The lowest BCUT2D eigenvalue weighted by Crippen LogP contribution is -2.48. The summed E-state index contributed by atoms with van der Waals surface area (Å²) in [4.78, 5) is 61.8. The molecule has 6 aromatic heterocycles. The van der Waals surface area contributed by atoms with E-state index < -0.39 is 36.1 Å². The van der Waals surface area contributed by atoms with Crippen LogP contribution in [0.3, 0.4) is 0 Å². The molecule has 10 rings (SSSR count). The summed E-state index contributed by atoms with van der Waals surface area (Å²) in [5.41, 5.74) is 3.63. The van der Waals surface area contributed by atoms with Gasteiger partial charge in [0.1, 0.15) is 34.7 Å². The standard InChI is InChI=1S/C23H32N6O4S.C17H20N4O5S.C17H20N4O2.2CH4.HI.H2O4S/c1-5-8-20-24-16(4)21-23(30)25-22(26-29(20)21)18-15-17(9-10-19(18)33-7-3)34(31,32)28-13-11-27(6-2)12-14-28;1-4-6-14-18-10(3)15-17(22)19-16(20-21(14)15)12-9-11(27(23,24)25)7-8-13(12)26-5-2;1-4-8-14-18-11(3)15-17(22)19-16(20-21(14)15)12-9-6-7-10-13(12)23-5-2;;;;1-5(2,3)4/h9-10,15H,5-8,11-14H2,1-4H3,(H,25,26,30);7-9H,4-6H2,1-3H3,(H,19,20,22)(H,23,24,25);6-7,9-10H,4-5,8H2,1-3H3,(H,19,20,22);2*1H4;1H;(H2,1,2,3,4). The predicted molar refractivity (Wildman–Crippen MR) is 361 cm³/mol. The number of fused-ring (bicyclic) bond motifs is 3. The molecule has 1 aliphatic heterocycles. The lowest BCUT2D eigenvalue weighted by atomic mass is 10.2. The van der Waals surface area contributed by atoms with Crippen molar-refractivity contribution in [3.63, 3.8) is 0 Å². The highest BCUT2D eigenvalue weighted by molar-refractivity contribution is 14.0. The number of halogens is 1. The van der Waals surface area contributed by atoms with E-state index in [1.165, 1.54) is 27.0 Å². The van der Waals surface area contributed by atoms with Gasteiger partial charge in [0.15, 0.2) is 34.0 Å². The number of rotatable bonds is 19. The molecule has 92 heavy (non-hydrogen) atoms. The topological polar surface area (TPSA) is 386 Å². The number of benzene rings is 3. The van der Waals surface area contributed by atoms with Crippen LogP contribution in [0.4, 0.5) is 0 Å². The van der Waals surface area contributed by atoms with E-state index in [1.807, 2.05) is 58.9 Å². The van der Waals surface area contributed by atoms with Gasteiger partial charge < -0.3 is 34.1 Å². The van der Waals surface area contributed by atoms with Crippen LogP contribution in [0.2, 0.25) is 0 Å². The summed E-state index contributed by atoms with van der Waals surface area (Å²) < 4.78 is 114. The van der Waals surface area contributed by atoms with Gasteiger partial charge in [-0.05, 0) is 116 Å². The molecule has 504 valence electrons. The van der Waals surface area contributed by atoms with Crippen molar-refractivity contribution in [2.24, 2.45) is 0 Å². The monoisotopic (exact) mass is 1450 g/mol. The van der Waals surface area contributed by atoms with Crippen molar-refractivity contribution in [2.75, 3.05) is 52.5 Å². The van der Waals surface area contributed by atoms with E-state index in [9.17, 15) is 35.8 Å². The number of nitrogens with zero attached hydrogens (tertiary/aromatic N) is 11. The fourth-order valence-corrected chi connectivity index (χ4v) is 11.8. The molecule has 29 nitrogen and oxygen atoms in total. The van der Waals surface area contributed by atoms with Gasteiger partial charge in [-0.25, -0.2) is 36.9 Å². The van der Waals surface area contributed by atoms with E-state index in [4.69, 9.17) is 31.7 Å². The Kier molecular flexibility index (Phi) is 27.9. The number of aryl methyl sites for hydroxylation is 6. The molecule has 7 heterocycles. The van der Waals surface area contributed by atoms with Crippen molar-refractivity contribution in [1.29, 1.82) is 0 Å². The molecule has 0 saturated carbocycles. The zero-order valence-corrected chi connectivity index (χ0v) is 56.2. The number of sulfonamides is 1. The predicted octanol–water partition coefficient (Wildman–Crippen LogP) is 8.04. The lowest BCUT2D eigenvalue weighted by molar-refractivity contribution is 0.196. The van der Waals surface area contributed by atoms with E-state index >= 15 is 0 Å². The fraction of sp³-hybridized carbons (Fsp3) is 0.441. The number of piperazine rings is 1. The third kappa shape index (κ3) is 18.2. The molecular weight excluding hydrogens is 1370 g/mol. The summed E-state index contributed by atoms with van der Waals surface area (Å²) >= 11 is 0. The van der Waals surface area contributed by atoms with E-state index in [0.717, 1.165) is 43.6 Å². The van der Waals surface area contributed by atoms with Crippen molar-refractivity contribution in [2.45, 2.75) is 132 Å². The number of hydrogen-bond donors (Lipinski definition) is 6. The van der Waals surface area contributed by atoms with E-state index in [-0.39, 0.29) is 77.0 Å². The van der Waals surface area contributed by atoms with E-state index in [0.29, 0.717) is 133 Å². The van der Waals surface area contributed by atoms with E-state index in [2.05, 4.69) is 63.9 Å². The summed E-state index contributed by atoms with van der Waals surface area (Å²) in [6.07, 6.45) is 4.70. The van der Waals surface area contributed by atoms with Crippen molar-refractivity contribution in [1.82, 2.24) is 68.0 Å². The molecule has 1 fully saturated rings. The normalized spacial score (nSPS) is 12.7. The van der Waals surface area contributed by atoms with Crippen molar-refractivity contribution < 1.29 is 53.1 Å². The van der Waals surface area contributed by atoms with Gasteiger partial charge in [-0.2, -0.15) is 21.1 Å². The molecule has 0 bridgehead atoms. The molecule has 0 unspecified atom stereocenters. The number of imidazole rings is 3. The molecule has 0 spiro atoms. The van der Waals surface area contributed by atoms with Gasteiger partial charge in [0.05, 0.1) is 63.4 Å². The van der Waals surface area contributed by atoms with Crippen molar-refractivity contribution >= 4 is 71.1 Å². The average Bonchev–Trinajstić information content (AvgIpc) is 1.48. The molecule has 0 radical (unpaired) electrons. The highest BCUT2D eigenvalue weighted by Crippen LogP contribution is 2.33. The van der Waals surface area contributed by atoms with Crippen LogP contribution in [0.25, 0.3) is 50.7 Å². The fourth-order valence-electron chi connectivity index (χ4n) is 9.88. The molecule has 6 N–H and O–H groups in total. The first-order chi connectivity index (χ1) is 42.2. The average molecular weight is 1450 g/mol. The first-order valence-corrected chi connectivity index (χ1v) is 33.1. The molecule has 0 amide bonds. The van der Waals surface area contributed by atoms with Gasteiger partial charge in [0.2, 0.25) is 10.0 Å². The number of aromatic amines is 3. The largest absolute Gasteiger partial charge is 0.493 e. The highest BCUT2D eigenvalue weighted by atomic mass is 127. The van der Waals surface area contributed by atoms with Crippen LogP contribution in [0.5, 0.6) is 17.2 Å². The van der Waals surface area contributed by atoms with Gasteiger partial charge in [-0.15, -0.1) is 39.3 Å². The summed E-state index contributed by atoms with van der Waals surface area (Å²) in [6, 6.07) is 16.1. The Hall–Kier alpha value is -7.51. The first-order valence-electron chi connectivity index (χ1n) is 28.8. The van der Waals surface area contributed by atoms with Crippen LogP contribution >= 0.6 is 24.0 Å². The Balaban J connectivity index is 0.000000284. The summed E-state index contributed by atoms with van der Waals surface area (Å²) in [5, 5.41) is 13.7. The van der Waals surface area contributed by atoms with E-state index in [1.54, 1.807) is 48.0 Å². The molecule has 1 saturated heterocycles. The number of H-pyrrole nitrogens is 3. The number of aromatic nitrogens is 12. The molecule has 1 aliphatic rings. The van der Waals surface area contributed by atoms with Crippen LogP contribution in [0, 0.1) is 20.8 Å². The molecule has 3 aromatic carbocycles. The smallest absolute Gasteiger partial charge is 0.394 e. The Morgan fingerprint density at radius 2 is 0.826 bits per heavy atom.